The van der Waals surface area contributed by atoms with Crippen molar-refractivity contribution < 1.29 is 9.90 Å². The minimum atomic E-state index is -0.942. The monoisotopic (exact) mass is 360 g/mol. The van der Waals surface area contributed by atoms with Gasteiger partial charge in [0, 0.05) is 22.9 Å². The van der Waals surface area contributed by atoms with Gasteiger partial charge in [0.2, 0.25) is 0 Å². The fourth-order valence-electron chi connectivity index (χ4n) is 3.06. The van der Waals surface area contributed by atoms with Gasteiger partial charge in [0.05, 0.1) is 34.2 Å². The van der Waals surface area contributed by atoms with E-state index in [0.717, 1.165) is 45.3 Å². The van der Waals surface area contributed by atoms with Gasteiger partial charge >= 0.3 is 5.97 Å². The molecule has 0 saturated carbocycles. The van der Waals surface area contributed by atoms with Gasteiger partial charge in [-0.05, 0) is 36.2 Å². The van der Waals surface area contributed by atoms with E-state index in [1.807, 2.05) is 24.3 Å². The normalized spacial score (nSPS) is 11.4. The number of fused-ring (bicyclic) bond motifs is 2. The number of benzene rings is 2. The summed E-state index contributed by atoms with van der Waals surface area (Å²) in [5, 5.41) is 21.6. The summed E-state index contributed by atoms with van der Waals surface area (Å²) in [5.41, 5.74) is 4.66. The van der Waals surface area contributed by atoms with Crippen LogP contribution in [0.25, 0.3) is 33.1 Å². The number of rotatable bonds is 5. The Labute approximate surface area is 156 Å². The predicted octanol–water partition coefficient (Wildman–Crippen LogP) is 4.54. The molecule has 0 unspecified atom stereocenters. The van der Waals surface area contributed by atoms with Crippen LogP contribution in [0.5, 0.6) is 0 Å². The number of aromatic nitrogens is 3. The van der Waals surface area contributed by atoms with Gasteiger partial charge in [0.15, 0.2) is 0 Å². The number of aromatic amines is 1. The van der Waals surface area contributed by atoms with E-state index in [-0.39, 0.29) is 5.56 Å². The lowest BCUT2D eigenvalue weighted by Crippen LogP contribution is -2.09. The lowest BCUT2D eigenvalue weighted by Gasteiger charge is -2.15. The van der Waals surface area contributed by atoms with Gasteiger partial charge < -0.3 is 10.4 Å². The number of nitrogens with zero attached hydrogens (tertiary/aromatic N) is 2. The van der Waals surface area contributed by atoms with Gasteiger partial charge in [-0.2, -0.15) is 5.10 Å². The molecule has 27 heavy (non-hydrogen) atoms. The number of anilines is 1. The third-order valence-electron chi connectivity index (χ3n) is 4.48. The van der Waals surface area contributed by atoms with Gasteiger partial charge in [-0.25, -0.2) is 9.78 Å². The number of nitrogens with one attached hydrogen (secondary N) is 2. The van der Waals surface area contributed by atoms with Crippen molar-refractivity contribution in [2.75, 3.05) is 11.9 Å². The first kappa shape index (κ1) is 17.0. The third kappa shape index (κ3) is 3.33. The minimum absolute atomic E-state index is 0.255. The predicted molar refractivity (Wildman–Crippen MR) is 107 cm³/mol. The van der Waals surface area contributed by atoms with Crippen molar-refractivity contribution in [3.63, 3.8) is 0 Å². The topological polar surface area (TPSA) is 90.9 Å². The number of carbonyl (C=O) groups is 1. The van der Waals surface area contributed by atoms with Crippen LogP contribution >= 0.6 is 0 Å². The Kier molecular flexibility index (Phi) is 4.24. The molecule has 0 atom stereocenters. The number of carboxylic acids is 1. The zero-order chi connectivity index (χ0) is 19.0. The Morgan fingerprint density at radius 2 is 2.00 bits per heavy atom. The lowest BCUT2D eigenvalue weighted by atomic mass is 10.0. The van der Waals surface area contributed by atoms with Crippen LogP contribution in [0, 0.1) is 5.92 Å². The third-order valence-corrected chi connectivity index (χ3v) is 4.48. The summed E-state index contributed by atoms with van der Waals surface area (Å²) in [4.78, 5) is 16.1. The van der Waals surface area contributed by atoms with Crippen molar-refractivity contribution in [3.05, 3.63) is 54.2 Å². The molecule has 3 N–H and O–H groups in total. The molecule has 136 valence electrons. The standard InChI is InChI=1S/C21H20N4O2/c1-12(2)10-22-19-9-16-7-14(21(26)27)5-6-17(16)24-20(19)13-3-4-15-11-23-25-18(15)8-13/h3-9,11-12,22H,10H2,1-2H3,(H,23,25)(H,26,27). The molecule has 0 amide bonds. The SMILES string of the molecule is CC(C)CNc1cc2cc(C(=O)O)ccc2nc1-c1ccc2cn[nH]c2c1. The number of carboxylic acid groups (broad SMARTS) is 1. The van der Waals surface area contributed by atoms with Crippen LogP contribution in [0.15, 0.2) is 48.7 Å². The molecule has 4 rings (SSSR count). The van der Waals surface area contributed by atoms with E-state index in [4.69, 9.17) is 4.98 Å². The van der Waals surface area contributed by atoms with E-state index in [9.17, 15) is 9.90 Å². The van der Waals surface area contributed by atoms with E-state index in [1.54, 1.807) is 24.4 Å². The summed E-state index contributed by atoms with van der Waals surface area (Å²) in [7, 11) is 0. The number of hydrogen-bond donors (Lipinski definition) is 3. The Balaban J connectivity index is 1.88. The number of hydrogen-bond acceptors (Lipinski definition) is 4. The fourth-order valence-corrected chi connectivity index (χ4v) is 3.06. The first-order valence-corrected chi connectivity index (χ1v) is 8.87. The lowest BCUT2D eigenvalue weighted by molar-refractivity contribution is 0.0697. The van der Waals surface area contributed by atoms with E-state index in [0.29, 0.717) is 5.92 Å². The quantitative estimate of drug-likeness (QED) is 0.486. The molecule has 0 bridgehead atoms. The average molecular weight is 360 g/mol. The Hall–Kier alpha value is -3.41. The zero-order valence-electron chi connectivity index (χ0n) is 15.2. The highest BCUT2D eigenvalue weighted by Gasteiger charge is 2.13. The second kappa shape index (κ2) is 6.72. The van der Waals surface area contributed by atoms with Crippen LogP contribution < -0.4 is 5.32 Å². The Morgan fingerprint density at radius 3 is 2.78 bits per heavy atom. The molecule has 4 aromatic rings. The first-order valence-electron chi connectivity index (χ1n) is 8.87. The molecular formula is C21H20N4O2. The number of aromatic carboxylic acids is 1. The van der Waals surface area contributed by atoms with Crippen LogP contribution in [0.1, 0.15) is 24.2 Å². The molecule has 0 aliphatic heterocycles. The van der Waals surface area contributed by atoms with Crippen LogP contribution in [-0.2, 0) is 0 Å². The largest absolute Gasteiger partial charge is 0.478 e. The van der Waals surface area contributed by atoms with Crippen molar-refractivity contribution in [2.24, 2.45) is 5.92 Å². The molecule has 2 aromatic heterocycles. The molecule has 6 nitrogen and oxygen atoms in total. The molecule has 0 spiro atoms. The van der Waals surface area contributed by atoms with Crippen LogP contribution in [0.3, 0.4) is 0 Å². The van der Waals surface area contributed by atoms with Crippen LogP contribution in [0.4, 0.5) is 5.69 Å². The van der Waals surface area contributed by atoms with Crippen molar-refractivity contribution >= 4 is 33.5 Å². The van der Waals surface area contributed by atoms with Gasteiger partial charge in [-0.15, -0.1) is 0 Å². The number of H-pyrrole nitrogens is 1. The van der Waals surface area contributed by atoms with Gasteiger partial charge in [0.1, 0.15) is 0 Å². The van der Waals surface area contributed by atoms with Crippen molar-refractivity contribution in [2.45, 2.75) is 13.8 Å². The van der Waals surface area contributed by atoms with Gasteiger partial charge in [-0.3, -0.25) is 5.10 Å². The van der Waals surface area contributed by atoms with Gasteiger partial charge in [0.25, 0.3) is 0 Å². The van der Waals surface area contributed by atoms with E-state index >= 15 is 0 Å². The second-order valence-corrected chi connectivity index (χ2v) is 7.04. The molecule has 0 fully saturated rings. The highest BCUT2D eigenvalue weighted by Crippen LogP contribution is 2.32. The minimum Gasteiger partial charge on any atom is -0.478 e. The fraction of sp³-hybridized carbons (Fsp3) is 0.190. The van der Waals surface area contributed by atoms with Crippen molar-refractivity contribution in [3.8, 4) is 11.3 Å². The Morgan fingerprint density at radius 1 is 1.15 bits per heavy atom. The highest BCUT2D eigenvalue weighted by atomic mass is 16.4. The average Bonchev–Trinajstić information content (AvgIpc) is 3.12. The Bertz CT molecular complexity index is 1150. The smallest absolute Gasteiger partial charge is 0.335 e. The zero-order valence-corrected chi connectivity index (χ0v) is 15.2. The summed E-state index contributed by atoms with van der Waals surface area (Å²) < 4.78 is 0. The molecular weight excluding hydrogens is 340 g/mol. The highest BCUT2D eigenvalue weighted by molar-refractivity contribution is 5.96. The second-order valence-electron chi connectivity index (χ2n) is 7.04. The maximum atomic E-state index is 11.3. The summed E-state index contributed by atoms with van der Waals surface area (Å²) in [6, 6.07) is 13.0. The summed E-state index contributed by atoms with van der Waals surface area (Å²) in [5.74, 6) is -0.476. The summed E-state index contributed by atoms with van der Waals surface area (Å²) in [6.45, 7) is 5.08. The van der Waals surface area contributed by atoms with Crippen molar-refractivity contribution in [1.29, 1.82) is 0 Å². The number of pyridine rings is 1. The maximum Gasteiger partial charge on any atom is 0.335 e. The summed E-state index contributed by atoms with van der Waals surface area (Å²) >= 11 is 0. The first-order chi connectivity index (χ1) is 13.0. The van der Waals surface area contributed by atoms with E-state index in [2.05, 4.69) is 29.4 Å². The van der Waals surface area contributed by atoms with Crippen molar-refractivity contribution in [1.82, 2.24) is 15.2 Å². The molecule has 0 aliphatic carbocycles. The van der Waals surface area contributed by atoms with Crippen LogP contribution in [0.2, 0.25) is 0 Å². The molecule has 6 heteroatoms. The molecule has 0 saturated heterocycles. The molecule has 0 radical (unpaired) electrons. The molecule has 0 aliphatic rings. The van der Waals surface area contributed by atoms with E-state index in [1.165, 1.54) is 0 Å². The maximum absolute atomic E-state index is 11.3. The molecule has 2 aromatic carbocycles. The van der Waals surface area contributed by atoms with E-state index < -0.39 is 5.97 Å². The van der Waals surface area contributed by atoms with Gasteiger partial charge in [-0.1, -0.05) is 26.0 Å². The summed E-state index contributed by atoms with van der Waals surface area (Å²) in [6.07, 6.45) is 1.79. The van der Waals surface area contributed by atoms with Crippen LogP contribution in [-0.4, -0.2) is 32.8 Å². The molecule has 2 heterocycles.